The molecule has 2 aromatic carbocycles. The van der Waals surface area contributed by atoms with Crippen molar-refractivity contribution in [1.29, 1.82) is 0 Å². The fourth-order valence-electron chi connectivity index (χ4n) is 6.16. The first-order valence-corrected chi connectivity index (χ1v) is 15.3. The third-order valence-corrected chi connectivity index (χ3v) is 13.8. The van der Waals surface area contributed by atoms with E-state index < -0.39 is 14.3 Å². The molecule has 6 nitrogen and oxygen atoms in total. The molecule has 0 saturated carbocycles. The number of aliphatic carboxylic acids is 1. The van der Waals surface area contributed by atoms with Gasteiger partial charge in [0.05, 0.1) is 11.8 Å². The molecule has 0 atom stereocenters. The van der Waals surface area contributed by atoms with E-state index in [-0.39, 0.29) is 34.7 Å². The average Bonchev–Trinajstić information content (AvgIpc) is 3.13. The molecule has 0 fully saturated rings. The fraction of sp³-hybridized carbons (Fsp3) is 0.400. The van der Waals surface area contributed by atoms with E-state index in [4.69, 9.17) is 9.41 Å². The van der Waals surface area contributed by atoms with Crippen molar-refractivity contribution in [3.8, 4) is 11.6 Å². The van der Waals surface area contributed by atoms with Crippen LogP contribution in [0.1, 0.15) is 58.2 Å². The van der Waals surface area contributed by atoms with Gasteiger partial charge in [-0.3, -0.25) is 9.78 Å². The molecule has 0 aliphatic heterocycles. The Hall–Kier alpha value is -3.39. The maximum atomic E-state index is 13.4. The number of aryl methyl sites for hydroxylation is 1. The zero-order valence-corrected chi connectivity index (χ0v) is 24.2. The summed E-state index contributed by atoms with van der Waals surface area (Å²) >= 11 is 0. The summed E-state index contributed by atoms with van der Waals surface area (Å²) in [5, 5.41) is 22.8. The second kappa shape index (κ2) is 10.4. The summed E-state index contributed by atoms with van der Waals surface area (Å²) in [7, 11) is -0.722. The van der Waals surface area contributed by atoms with Gasteiger partial charge in [0.1, 0.15) is 17.1 Å². The smallest absolute Gasteiger partial charge is 0.307 e. The van der Waals surface area contributed by atoms with Crippen molar-refractivity contribution in [1.82, 2.24) is 9.55 Å². The molecule has 8 heteroatoms. The molecular weight excluding hydrogens is 499 g/mol. The number of carboxylic acid groups (broad SMARTS) is 1. The van der Waals surface area contributed by atoms with Crippen LogP contribution in [0.2, 0.25) is 16.6 Å². The van der Waals surface area contributed by atoms with Crippen LogP contribution in [0.15, 0.2) is 42.7 Å². The molecule has 0 radical (unpaired) electrons. The van der Waals surface area contributed by atoms with Gasteiger partial charge in [0.25, 0.3) is 8.32 Å². The summed E-state index contributed by atoms with van der Waals surface area (Å²) in [6, 6.07) is 8.28. The summed E-state index contributed by atoms with van der Waals surface area (Å²) in [5.41, 5.74) is 3.80. The molecule has 2 heterocycles. The van der Waals surface area contributed by atoms with Gasteiger partial charge in [-0.05, 0) is 57.9 Å². The number of hydrogen-bond acceptors (Lipinski definition) is 4. The lowest BCUT2D eigenvalue weighted by atomic mass is 9.96. The van der Waals surface area contributed by atoms with Crippen LogP contribution in [0.25, 0.3) is 21.7 Å². The minimum atomic E-state index is -2.46. The minimum absolute atomic E-state index is 0.0277. The van der Waals surface area contributed by atoms with Gasteiger partial charge >= 0.3 is 5.97 Å². The van der Waals surface area contributed by atoms with Gasteiger partial charge in [0.15, 0.2) is 0 Å². The van der Waals surface area contributed by atoms with E-state index in [2.05, 4.69) is 41.5 Å². The Labute approximate surface area is 224 Å². The summed E-state index contributed by atoms with van der Waals surface area (Å²) < 4.78 is 22.2. The van der Waals surface area contributed by atoms with Crippen molar-refractivity contribution >= 4 is 36.0 Å². The topological polar surface area (TPSA) is 84.6 Å². The number of rotatable bonds is 9. The lowest BCUT2D eigenvalue weighted by molar-refractivity contribution is -0.136. The van der Waals surface area contributed by atoms with Crippen LogP contribution in [0.4, 0.5) is 4.39 Å². The van der Waals surface area contributed by atoms with E-state index in [1.807, 2.05) is 6.07 Å². The number of aromatic hydroxyl groups is 1. The van der Waals surface area contributed by atoms with Crippen molar-refractivity contribution in [3.05, 3.63) is 65.2 Å². The molecule has 0 unspecified atom stereocenters. The highest BCUT2D eigenvalue weighted by Crippen LogP contribution is 2.49. The van der Waals surface area contributed by atoms with E-state index in [1.54, 1.807) is 36.1 Å². The number of aromatic nitrogens is 2. The van der Waals surface area contributed by atoms with Crippen LogP contribution in [0.5, 0.6) is 11.6 Å². The standard InChI is InChI=1S/C30H37FN2O4Si/c1-17(2)38(18(3)4,19(5)6)37-29-27-25(16-33(7)30(27)36)23(14-26(34)35)24-13-21(15-32-28(24)29)12-20-8-10-22(31)11-9-20/h8-11,13,15-19,36H,12,14H2,1-7H3,(H,34,35). The van der Waals surface area contributed by atoms with Gasteiger partial charge < -0.3 is 19.2 Å². The van der Waals surface area contributed by atoms with Crippen molar-refractivity contribution in [2.24, 2.45) is 7.05 Å². The highest BCUT2D eigenvalue weighted by Gasteiger charge is 2.48. The number of fused-ring (bicyclic) bond motifs is 2. The molecule has 0 saturated heterocycles. The zero-order chi connectivity index (χ0) is 27.9. The Morgan fingerprint density at radius 3 is 2.18 bits per heavy atom. The normalized spacial score (nSPS) is 12.4. The van der Waals surface area contributed by atoms with Crippen molar-refractivity contribution in [2.75, 3.05) is 0 Å². The molecule has 0 spiro atoms. The summed E-state index contributed by atoms with van der Waals surface area (Å²) in [6.45, 7) is 13.2. The van der Waals surface area contributed by atoms with Crippen LogP contribution < -0.4 is 4.43 Å². The molecule has 2 N–H and O–H groups in total. The molecule has 0 aliphatic rings. The maximum Gasteiger partial charge on any atom is 0.307 e. The largest absolute Gasteiger partial charge is 0.541 e. The van der Waals surface area contributed by atoms with E-state index in [0.717, 1.165) is 11.1 Å². The van der Waals surface area contributed by atoms with E-state index in [1.165, 1.54) is 12.1 Å². The van der Waals surface area contributed by atoms with Crippen molar-refractivity contribution in [2.45, 2.75) is 71.0 Å². The second-order valence-electron chi connectivity index (χ2n) is 11.2. The lowest BCUT2D eigenvalue weighted by Gasteiger charge is -2.42. The van der Waals surface area contributed by atoms with Gasteiger partial charge in [-0.15, -0.1) is 0 Å². The van der Waals surface area contributed by atoms with Crippen molar-refractivity contribution < 1.29 is 23.8 Å². The summed E-state index contributed by atoms with van der Waals surface area (Å²) in [6.07, 6.45) is 3.83. The Bertz CT molecular complexity index is 1470. The van der Waals surface area contributed by atoms with Crippen LogP contribution >= 0.6 is 0 Å². The number of carboxylic acids is 1. The Morgan fingerprint density at radius 1 is 1.03 bits per heavy atom. The van der Waals surface area contributed by atoms with E-state index in [9.17, 15) is 19.4 Å². The first-order chi connectivity index (χ1) is 17.9. The quantitative estimate of drug-likeness (QED) is 0.219. The number of benzene rings is 2. The van der Waals surface area contributed by atoms with Crippen LogP contribution in [0, 0.1) is 5.82 Å². The predicted molar refractivity (Wildman–Crippen MR) is 152 cm³/mol. The van der Waals surface area contributed by atoms with Crippen molar-refractivity contribution in [3.63, 3.8) is 0 Å². The zero-order valence-electron chi connectivity index (χ0n) is 23.2. The molecule has 0 amide bonds. The Kier molecular flexibility index (Phi) is 7.57. The summed E-state index contributed by atoms with van der Waals surface area (Å²) in [5.74, 6) is -0.711. The molecule has 0 aliphatic carbocycles. The molecule has 38 heavy (non-hydrogen) atoms. The molecule has 2 aromatic heterocycles. The number of halogens is 1. The monoisotopic (exact) mass is 536 g/mol. The highest BCUT2D eigenvalue weighted by molar-refractivity contribution is 6.78. The predicted octanol–water partition coefficient (Wildman–Crippen LogP) is 7.34. The summed E-state index contributed by atoms with van der Waals surface area (Å²) in [4.78, 5) is 16.8. The maximum absolute atomic E-state index is 13.4. The van der Waals surface area contributed by atoms with Gasteiger partial charge in [0.2, 0.25) is 5.88 Å². The number of pyridine rings is 1. The van der Waals surface area contributed by atoms with Crippen LogP contribution in [0.3, 0.4) is 0 Å². The average molecular weight is 537 g/mol. The fourth-order valence-corrected chi connectivity index (χ4v) is 11.4. The van der Waals surface area contributed by atoms with Gasteiger partial charge in [-0.1, -0.05) is 53.7 Å². The van der Waals surface area contributed by atoms with E-state index in [0.29, 0.717) is 39.4 Å². The van der Waals surface area contributed by atoms with Gasteiger partial charge in [-0.25, -0.2) is 4.39 Å². The first-order valence-electron chi connectivity index (χ1n) is 13.1. The number of nitrogens with zero attached hydrogens (tertiary/aromatic N) is 2. The molecule has 4 rings (SSSR count). The second-order valence-corrected chi connectivity index (χ2v) is 16.6. The SMILES string of the molecule is CC(C)[Si](Oc1c2ncc(Cc3ccc(F)cc3)cc2c(CC(=O)O)c2cn(C)c(O)c12)(C(C)C)C(C)C. The van der Waals surface area contributed by atoms with E-state index >= 15 is 0 Å². The third-order valence-electron chi connectivity index (χ3n) is 7.82. The van der Waals surface area contributed by atoms with Crippen LogP contribution in [-0.4, -0.2) is 34.1 Å². The lowest BCUT2D eigenvalue weighted by Crippen LogP contribution is -2.50. The highest BCUT2D eigenvalue weighted by atomic mass is 28.4. The molecular formula is C30H37FN2O4Si. The Morgan fingerprint density at radius 2 is 1.63 bits per heavy atom. The molecule has 4 aromatic rings. The third kappa shape index (κ3) is 4.77. The number of hydrogen-bond donors (Lipinski definition) is 2. The molecule has 0 bridgehead atoms. The van der Waals surface area contributed by atoms with Gasteiger partial charge in [-0.2, -0.15) is 0 Å². The van der Waals surface area contributed by atoms with Gasteiger partial charge in [0, 0.05) is 30.2 Å². The minimum Gasteiger partial charge on any atom is -0.541 e. The Balaban J connectivity index is 2.05. The first kappa shape index (κ1) is 27.6. The molecule has 202 valence electrons. The number of carbonyl (C=O) groups is 1. The van der Waals surface area contributed by atoms with Crippen LogP contribution in [-0.2, 0) is 24.7 Å².